The van der Waals surface area contributed by atoms with Crippen LogP contribution in [-0.4, -0.2) is 44.2 Å². The number of nitro benzene ring substituents is 1. The summed E-state index contributed by atoms with van der Waals surface area (Å²) in [6.07, 6.45) is 0. The number of rotatable bonds is 8. The summed E-state index contributed by atoms with van der Waals surface area (Å²) in [6.45, 7) is 2.25. The van der Waals surface area contributed by atoms with Crippen molar-refractivity contribution < 1.29 is 19.2 Å². The van der Waals surface area contributed by atoms with E-state index in [4.69, 9.17) is 9.47 Å². The first kappa shape index (κ1) is 16.7. The van der Waals surface area contributed by atoms with Crippen LogP contribution in [0.3, 0.4) is 0 Å². The fraction of sp³-hybridized carbons (Fsp3) is 0.462. The molecule has 0 bridgehead atoms. The number of ether oxygens (including phenoxy) is 2. The molecule has 0 aliphatic rings. The van der Waals surface area contributed by atoms with Gasteiger partial charge in [0.1, 0.15) is 5.75 Å². The summed E-state index contributed by atoms with van der Waals surface area (Å²) in [5.74, 6) is 0.144. The fourth-order valence-corrected chi connectivity index (χ4v) is 1.47. The van der Waals surface area contributed by atoms with E-state index in [9.17, 15) is 14.9 Å². The van der Waals surface area contributed by atoms with Gasteiger partial charge < -0.3 is 20.1 Å². The standard InChI is InChI=1S/C13H19N3O5/c1-9(14-2)7-15-13(17)8-21-10-4-5-11(16(18)19)12(6-10)20-3/h4-6,9,14H,7-8H2,1-3H3,(H,15,17). The van der Waals surface area contributed by atoms with Crippen molar-refractivity contribution in [2.24, 2.45) is 0 Å². The fourth-order valence-electron chi connectivity index (χ4n) is 1.47. The Kier molecular flexibility index (Phi) is 6.41. The van der Waals surface area contributed by atoms with Crippen LogP contribution in [-0.2, 0) is 4.79 Å². The van der Waals surface area contributed by atoms with Crippen LogP contribution >= 0.6 is 0 Å². The maximum atomic E-state index is 11.6. The van der Waals surface area contributed by atoms with Crippen molar-refractivity contribution in [3.8, 4) is 11.5 Å². The number of likely N-dealkylation sites (N-methyl/N-ethyl adjacent to an activating group) is 1. The molecule has 1 rings (SSSR count). The summed E-state index contributed by atoms with van der Waals surface area (Å²) >= 11 is 0. The van der Waals surface area contributed by atoms with Gasteiger partial charge in [0.25, 0.3) is 5.91 Å². The quantitative estimate of drug-likeness (QED) is 0.541. The summed E-state index contributed by atoms with van der Waals surface area (Å²) in [5, 5.41) is 16.4. The van der Waals surface area contributed by atoms with Crippen LogP contribution in [0.2, 0.25) is 0 Å². The van der Waals surface area contributed by atoms with Crippen molar-refractivity contribution >= 4 is 11.6 Å². The number of amides is 1. The zero-order chi connectivity index (χ0) is 15.8. The molecule has 0 fully saturated rings. The third kappa shape index (κ3) is 5.27. The van der Waals surface area contributed by atoms with E-state index >= 15 is 0 Å². The largest absolute Gasteiger partial charge is 0.490 e. The van der Waals surface area contributed by atoms with Crippen molar-refractivity contribution in [3.63, 3.8) is 0 Å². The average Bonchev–Trinajstić information content (AvgIpc) is 2.49. The number of nitrogens with zero attached hydrogens (tertiary/aromatic N) is 1. The highest BCUT2D eigenvalue weighted by Crippen LogP contribution is 2.30. The number of methoxy groups -OCH3 is 1. The van der Waals surface area contributed by atoms with Gasteiger partial charge in [-0.1, -0.05) is 0 Å². The second kappa shape index (κ2) is 8.05. The second-order valence-corrected chi connectivity index (χ2v) is 4.37. The van der Waals surface area contributed by atoms with Crippen molar-refractivity contribution in [1.82, 2.24) is 10.6 Å². The summed E-state index contributed by atoms with van der Waals surface area (Å²) < 4.78 is 10.2. The number of carbonyl (C=O) groups is 1. The van der Waals surface area contributed by atoms with Crippen LogP contribution in [0, 0.1) is 10.1 Å². The molecule has 116 valence electrons. The van der Waals surface area contributed by atoms with Gasteiger partial charge in [0.05, 0.1) is 12.0 Å². The van der Waals surface area contributed by atoms with Gasteiger partial charge in [-0.2, -0.15) is 0 Å². The number of carbonyl (C=O) groups excluding carboxylic acids is 1. The third-order valence-electron chi connectivity index (χ3n) is 2.82. The van der Waals surface area contributed by atoms with E-state index in [0.717, 1.165) is 0 Å². The molecule has 0 aliphatic heterocycles. The zero-order valence-corrected chi connectivity index (χ0v) is 12.2. The van der Waals surface area contributed by atoms with E-state index in [1.54, 1.807) is 7.05 Å². The molecule has 0 radical (unpaired) electrons. The van der Waals surface area contributed by atoms with E-state index < -0.39 is 4.92 Å². The molecular formula is C13H19N3O5. The first-order chi connectivity index (χ1) is 9.97. The van der Waals surface area contributed by atoms with Crippen LogP contribution in [0.1, 0.15) is 6.92 Å². The predicted molar refractivity (Wildman–Crippen MR) is 76.7 cm³/mol. The molecule has 1 aromatic rings. The maximum absolute atomic E-state index is 11.6. The van der Waals surface area contributed by atoms with Gasteiger partial charge in [-0.25, -0.2) is 0 Å². The predicted octanol–water partition coefficient (Wildman–Crippen LogP) is 0.706. The highest BCUT2D eigenvalue weighted by Gasteiger charge is 2.15. The summed E-state index contributed by atoms with van der Waals surface area (Å²) in [5.41, 5.74) is -0.155. The lowest BCUT2D eigenvalue weighted by atomic mass is 10.3. The van der Waals surface area contributed by atoms with E-state index in [-0.39, 0.29) is 30.0 Å². The molecule has 1 unspecified atom stereocenters. The molecular weight excluding hydrogens is 278 g/mol. The Labute approximate surface area is 122 Å². The van der Waals surface area contributed by atoms with E-state index in [1.807, 2.05) is 6.92 Å². The van der Waals surface area contributed by atoms with Gasteiger partial charge in [0.2, 0.25) is 5.75 Å². The van der Waals surface area contributed by atoms with E-state index in [1.165, 1.54) is 25.3 Å². The number of nitro groups is 1. The van der Waals surface area contributed by atoms with Crippen LogP contribution < -0.4 is 20.1 Å². The molecule has 2 N–H and O–H groups in total. The monoisotopic (exact) mass is 297 g/mol. The Morgan fingerprint density at radius 2 is 2.19 bits per heavy atom. The van der Waals surface area contributed by atoms with Crippen molar-refractivity contribution in [2.45, 2.75) is 13.0 Å². The Bertz CT molecular complexity index is 507. The molecule has 1 amide bonds. The molecule has 8 heteroatoms. The van der Waals surface area contributed by atoms with Crippen molar-refractivity contribution in [2.75, 3.05) is 27.3 Å². The average molecular weight is 297 g/mol. The van der Waals surface area contributed by atoms with E-state index in [0.29, 0.717) is 12.3 Å². The molecule has 0 aromatic heterocycles. The molecule has 0 heterocycles. The van der Waals surface area contributed by atoms with E-state index in [2.05, 4.69) is 10.6 Å². The Morgan fingerprint density at radius 3 is 2.76 bits per heavy atom. The van der Waals surface area contributed by atoms with Crippen molar-refractivity contribution in [3.05, 3.63) is 28.3 Å². The lowest BCUT2D eigenvalue weighted by Gasteiger charge is -2.12. The second-order valence-electron chi connectivity index (χ2n) is 4.37. The Hall–Kier alpha value is -2.35. The number of hydrogen-bond donors (Lipinski definition) is 2. The zero-order valence-electron chi connectivity index (χ0n) is 12.2. The first-order valence-electron chi connectivity index (χ1n) is 6.37. The number of hydrogen-bond acceptors (Lipinski definition) is 6. The highest BCUT2D eigenvalue weighted by atomic mass is 16.6. The Balaban J connectivity index is 2.56. The lowest BCUT2D eigenvalue weighted by molar-refractivity contribution is -0.385. The topological polar surface area (TPSA) is 103 Å². The minimum absolute atomic E-state index is 0.0849. The molecule has 21 heavy (non-hydrogen) atoms. The molecule has 0 aliphatic carbocycles. The summed E-state index contributed by atoms with van der Waals surface area (Å²) in [6, 6.07) is 4.23. The van der Waals surface area contributed by atoms with Gasteiger partial charge in [0, 0.05) is 24.7 Å². The third-order valence-corrected chi connectivity index (χ3v) is 2.82. The summed E-state index contributed by atoms with van der Waals surface area (Å²) in [7, 11) is 3.13. The van der Waals surface area contributed by atoms with Crippen LogP contribution in [0.25, 0.3) is 0 Å². The molecule has 0 saturated heterocycles. The molecule has 0 spiro atoms. The van der Waals surface area contributed by atoms with Gasteiger partial charge in [-0.05, 0) is 20.0 Å². The van der Waals surface area contributed by atoms with Crippen molar-refractivity contribution in [1.29, 1.82) is 0 Å². The van der Waals surface area contributed by atoms with Crippen LogP contribution in [0.15, 0.2) is 18.2 Å². The Morgan fingerprint density at radius 1 is 1.48 bits per heavy atom. The first-order valence-corrected chi connectivity index (χ1v) is 6.37. The molecule has 1 atom stereocenters. The van der Waals surface area contributed by atoms with Gasteiger partial charge >= 0.3 is 5.69 Å². The van der Waals surface area contributed by atoms with Gasteiger partial charge in [-0.15, -0.1) is 0 Å². The summed E-state index contributed by atoms with van der Waals surface area (Å²) in [4.78, 5) is 21.8. The van der Waals surface area contributed by atoms with Crippen LogP contribution in [0.4, 0.5) is 5.69 Å². The normalized spacial score (nSPS) is 11.6. The molecule has 0 saturated carbocycles. The minimum atomic E-state index is -0.547. The number of benzene rings is 1. The smallest absolute Gasteiger partial charge is 0.311 e. The van der Waals surface area contributed by atoms with Gasteiger partial charge in [0.15, 0.2) is 6.61 Å². The maximum Gasteiger partial charge on any atom is 0.311 e. The number of nitrogens with one attached hydrogen (secondary N) is 2. The van der Waals surface area contributed by atoms with Crippen LogP contribution in [0.5, 0.6) is 11.5 Å². The lowest BCUT2D eigenvalue weighted by Crippen LogP contribution is -2.39. The molecule has 8 nitrogen and oxygen atoms in total. The van der Waals surface area contributed by atoms with Gasteiger partial charge in [-0.3, -0.25) is 14.9 Å². The SMILES string of the molecule is CNC(C)CNC(=O)COc1ccc([N+](=O)[O-])c(OC)c1. The minimum Gasteiger partial charge on any atom is -0.490 e. The molecule has 1 aromatic carbocycles. The highest BCUT2D eigenvalue weighted by molar-refractivity contribution is 5.77.